The lowest BCUT2D eigenvalue weighted by Crippen LogP contribution is -2.44. The van der Waals surface area contributed by atoms with E-state index in [1.165, 1.54) is 24.8 Å². The van der Waals surface area contributed by atoms with Crippen LogP contribution in [-0.2, 0) is 4.79 Å². The molecule has 2 aliphatic rings. The van der Waals surface area contributed by atoms with Crippen LogP contribution in [0.15, 0.2) is 36.4 Å². The molecule has 2 aromatic rings. The topological polar surface area (TPSA) is 58.1 Å². The van der Waals surface area contributed by atoms with Crippen molar-refractivity contribution in [2.75, 3.05) is 18.0 Å². The van der Waals surface area contributed by atoms with Crippen LogP contribution in [-0.4, -0.2) is 35.2 Å². The maximum atomic E-state index is 12.6. The number of anilines is 1. The van der Waals surface area contributed by atoms with Crippen LogP contribution in [0.5, 0.6) is 0 Å². The van der Waals surface area contributed by atoms with Gasteiger partial charge in [0.15, 0.2) is 5.82 Å². The fraction of sp³-hybridized carbons (Fsp3) is 0.522. The van der Waals surface area contributed by atoms with Gasteiger partial charge in [0, 0.05) is 30.6 Å². The fourth-order valence-electron chi connectivity index (χ4n) is 4.31. The molecule has 148 valence electrons. The minimum atomic E-state index is 0.137. The van der Waals surface area contributed by atoms with E-state index < -0.39 is 0 Å². The molecule has 2 fully saturated rings. The first kappa shape index (κ1) is 18.9. The van der Waals surface area contributed by atoms with Crippen LogP contribution in [0.3, 0.4) is 0 Å². The second-order valence-corrected chi connectivity index (χ2v) is 8.25. The van der Waals surface area contributed by atoms with E-state index in [2.05, 4.69) is 51.6 Å². The largest absolute Gasteiger partial charge is 0.355 e. The van der Waals surface area contributed by atoms with Gasteiger partial charge in [-0.2, -0.15) is 0 Å². The highest BCUT2D eigenvalue weighted by atomic mass is 16.1. The van der Waals surface area contributed by atoms with E-state index in [1.54, 1.807) is 0 Å². The van der Waals surface area contributed by atoms with E-state index in [9.17, 15) is 4.79 Å². The van der Waals surface area contributed by atoms with Gasteiger partial charge in [-0.05, 0) is 44.7 Å². The average molecular weight is 379 g/mol. The summed E-state index contributed by atoms with van der Waals surface area (Å²) in [7, 11) is 0. The number of carbonyl (C=O) groups is 1. The first-order valence-electron chi connectivity index (χ1n) is 10.6. The van der Waals surface area contributed by atoms with Crippen molar-refractivity contribution < 1.29 is 4.79 Å². The van der Waals surface area contributed by atoms with Crippen LogP contribution in [0.1, 0.15) is 50.5 Å². The SMILES string of the molecule is Cc1ccc(-c2ccc(N3CCC(C(=O)NC4CCCCC4)CC3)nn2)cc1. The van der Waals surface area contributed by atoms with Crippen molar-refractivity contribution >= 4 is 11.7 Å². The normalized spacial score (nSPS) is 18.8. The number of nitrogens with one attached hydrogen (secondary N) is 1. The van der Waals surface area contributed by atoms with Gasteiger partial charge in [-0.1, -0.05) is 49.1 Å². The maximum Gasteiger partial charge on any atom is 0.223 e. The molecule has 1 N–H and O–H groups in total. The maximum absolute atomic E-state index is 12.6. The Morgan fingerprint density at radius 2 is 1.64 bits per heavy atom. The van der Waals surface area contributed by atoms with Crippen molar-refractivity contribution in [3.8, 4) is 11.3 Å². The fourth-order valence-corrected chi connectivity index (χ4v) is 4.31. The molecule has 5 heteroatoms. The zero-order valence-corrected chi connectivity index (χ0v) is 16.7. The summed E-state index contributed by atoms with van der Waals surface area (Å²) in [5, 5.41) is 12.1. The smallest absolute Gasteiger partial charge is 0.223 e. The molecule has 0 radical (unpaired) electrons. The summed E-state index contributed by atoms with van der Waals surface area (Å²) in [4.78, 5) is 14.8. The first-order chi connectivity index (χ1) is 13.7. The van der Waals surface area contributed by atoms with Gasteiger partial charge in [0.25, 0.3) is 0 Å². The quantitative estimate of drug-likeness (QED) is 0.870. The van der Waals surface area contributed by atoms with Crippen molar-refractivity contribution in [1.82, 2.24) is 15.5 Å². The zero-order valence-electron chi connectivity index (χ0n) is 16.7. The monoisotopic (exact) mass is 378 g/mol. The number of aryl methyl sites for hydroxylation is 1. The Hall–Kier alpha value is -2.43. The Morgan fingerprint density at radius 1 is 0.929 bits per heavy atom. The second kappa shape index (κ2) is 8.72. The Morgan fingerprint density at radius 3 is 2.29 bits per heavy atom. The Balaban J connectivity index is 1.30. The van der Waals surface area contributed by atoms with E-state index >= 15 is 0 Å². The summed E-state index contributed by atoms with van der Waals surface area (Å²) < 4.78 is 0. The molecule has 0 atom stereocenters. The van der Waals surface area contributed by atoms with E-state index in [4.69, 9.17) is 0 Å². The minimum Gasteiger partial charge on any atom is -0.355 e. The molecule has 1 amide bonds. The number of rotatable bonds is 4. The molecule has 1 aromatic carbocycles. The molecule has 4 rings (SSSR count). The van der Waals surface area contributed by atoms with Crippen molar-refractivity contribution in [1.29, 1.82) is 0 Å². The highest BCUT2D eigenvalue weighted by Gasteiger charge is 2.27. The van der Waals surface area contributed by atoms with Crippen molar-refractivity contribution in [2.24, 2.45) is 5.92 Å². The molecule has 1 saturated heterocycles. The molecule has 0 unspecified atom stereocenters. The van der Waals surface area contributed by atoms with E-state index in [0.29, 0.717) is 6.04 Å². The summed E-state index contributed by atoms with van der Waals surface area (Å²) in [5.74, 6) is 1.30. The number of piperidine rings is 1. The number of nitrogens with zero attached hydrogens (tertiary/aromatic N) is 3. The summed E-state index contributed by atoms with van der Waals surface area (Å²) >= 11 is 0. The lowest BCUT2D eigenvalue weighted by molar-refractivity contribution is -0.126. The van der Waals surface area contributed by atoms with Crippen LogP contribution in [0.25, 0.3) is 11.3 Å². The molecule has 2 heterocycles. The standard InChI is InChI=1S/C23H30N4O/c1-17-7-9-18(10-8-17)21-11-12-22(26-25-21)27-15-13-19(14-16-27)23(28)24-20-5-3-2-4-6-20/h7-12,19-20H,2-6,13-16H2,1H3,(H,24,28). The Kier molecular flexibility index (Phi) is 5.89. The van der Waals surface area contributed by atoms with Crippen LogP contribution in [0.2, 0.25) is 0 Å². The van der Waals surface area contributed by atoms with Gasteiger partial charge in [0.05, 0.1) is 5.69 Å². The number of carbonyl (C=O) groups excluding carboxylic acids is 1. The number of benzene rings is 1. The summed E-state index contributed by atoms with van der Waals surface area (Å²) in [6.45, 7) is 3.81. The molecule has 0 bridgehead atoms. The van der Waals surface area contributed by atoms with Gasteiger partial charge in [-0.3, -0.25) is 4.79 Å². The number of amides is 1. The minimum absolute atomic E-state index is 0.137. The molecular formula is C23H30N4O. The average Bonchev–Trinajstić information content (AvgIpc) is 2.75. The van der Waals surface area contributed by atoms with Crippen LogP contribution in [0, 0.1) is 12.8 Å². The van der Waals surface area contributed by atoms with Gasteiger partial charge in [0.1, 0.15) is 0 Å². The van der Waals surface area contributed by atoms with Crippen LogP contribution in [0.4, 0.5) is 5.82 Å². The molecular weight excluding hydrogens is 348 g/mol. The molecule has 1 aliphatic heterocycles. The van der Waals surface area contributed by atoms with Gasteiger partial charge >= 0.3 is 0 Å². The van der Waals surface area contributed by atoms with Gasteiger partial charge in [-0.25, -0.2) is 0 Å². The van der Waals surface area contributed by atoms with Crippen molar-refractivity contribution in [2.45, 2.75) is 57.9 Å². The molecule has 0 spiro atoms. The highest BCUT2D eigenvalue weighted by Crippen LogP contribution is 2.25. The number of hydrogen-bond donors (Lipinski definition) is 1. The summed E-state index contributed by atoms with van der Waals surface area (Å²) in [5.41, 5.74) is 3.22. The lowest BCUT2D eigenvalue weighted by Gasteiger charge is -2.33. The Labute approximate surface area is 167 Å². The van der Waals surface area contributed by atoms with Crippen molar-refractivity contribution in [3.63, 3.8) is 0 Å². The van der Waals surface area contributed by atoms with Gasteiger partial charge in [-0.15, -0.1) is 10.2 Å². The van der Waals surface area contributed by atoms with Crippen LogP contribution >= 0.6 is 0 Å². The molecule has 5 nitrogen and oxygen atoms in total. The van der Waals surface area contributed by atoms with Gasteiger partial charge in [0.2, 0.25) is 5.91 Å². The van der Waals surface area contributed by atoms with Crippen molar-refractivity contribution in [3.05, 3.63) is 42.0 Å². The Bertz CT molecular complexity index is 773. The lowest BCUT2D eigenvalue weighted by atomic mass is 9.92. The summed E-state index contributed by atoms with van der Waals surface area (Å²) in [6.07, 6.45) is 7.89. The predicted octanol–water partition coefficient (Wildman–Crippen LogP) is 4.12. The second-order valence-electron chi connectivity index (χ2n) is 8.25. The first-order valence-corrected chi connectivity index (χ1v) is 10.6. The third-order valence-electron chi connectivity index (χ3n) is 6.14. The molecule has 1 aliphatic carbocycles. The van der Waals surface area contributed by atoms with Crippen LogP contribution < -0.4 is 10.2 Å². The zero-order chi connectivity index (χ0) is 19.3. The summed E-state index contributed by atoms with van der Waals surface area (Å²) in [6, 6.07) is 12.8. The third kappa shape index (κ3) is 4.51. The number of aromatic nitrogens is 2. The number of hydrogen-bond acceptors (Lipinski definition) is 4. The molecule has 1 aromatic heterocycles. The molecule has 1 saturated carbocycles. The van der Waals surface area contributed by atoms with E-state index in [-0.39, 0.29) is 11.8 Å². The van der Waals surface area contributed by atoms with E-state index in [1.807, 2.05) is 12.1 Å². The van der Waals surface area contributed by atoms with E-state index in [0.717, 1.165) is 55.8 Å². The third-order valence-corrected chi connectivity index (χ3v) is 6.14. The predicted molar refractivity (Wildman–Crippen MR) is 112 cm³/mol. The highest BCUT2D eigenvalue weighted by molar-refractivity contribution is 5.79. The van der Waals surface area contributed by atoms with Gasteiger partial charge < -0.3 is 10.2 Å². The molecule has 28 heavy (non-hydrogen) atoms.